The second kappa shape index (κ2) is 9.17. The van der Waals surface area contributed by atoms with Crippen molar-refractivity contribution < 1.29 is 14.3 Å². The summed E-state index contributed by atoms with van der Waals surface area (Å²) >= 11 is 6.40. The van der Waals surface area contributed by atoms with Gasteiger partial charge in [0.05, 0.1) is 13.2 Å². The third-order valence-corrected chi connectivity index (χ3v) is 5.86. The molecular weight excluding hydrogens is 450 g/mol. The van der Waals surface area contributed by atoms with Crippen LogP contribution in [0.2, 0.25) is 5.02 Å². The first-order chi connectivity index (χ1) is 16.5. The first kappa shape index (κ1) is 21.9. The molecule has 0 saturated carbocycles. The predicted octanol–water partition coefficient (Wildman–Crippen LogP) is 6.05. The lowest BCUT2D eigenvalue weighted by atomic mass is 10.1. The Morgan fingerprint density at radius 1 is 1.06 bits per heavy atom. The van der Waals surface area contributed by atoms with Crippen LogP contribution in [0.25, 0.3) is 22.3 Å². The summed E-state index contributed by atoms with van der Waals surface area (Å²) in [5, 5.41) is 18.0. The molecule has 3 aromatic carbocycles. The molecule has 1 amide bonds. The van der Waals surface area contributed by atoms with Crippen LogP contribution in [0.1, 0.15) is 27.3 Å². The first-order valence-corrected chi connectivity index (χ1v) is 11.2. The Kier molecular flexibility index (Phi) is 5.92. The van der Waals surface area contributed by atoms with Crippen molar-refractivity contribution in [3.63, 3.8) is 0 Å². The number of hydrogen-bond acceptors (Lipinski definition) is 4. The minimum atomic E-state index is -0.306. The average Bonchev–Trinajstić information content (AvgIpc) is 3.44. The van der Waals surface area contributed by atoms with Gasteiger partial charge in [0.15, 0.2) is 5.69 Å². The molecule has 0 atom stereocenters. The third kappa shape index (κ3) is 4.46. The van der Waals surface area contributed by atoms with Gasteiger partial charge in [-0.05, 0) is 48.9 Å². The maximum atomic E-state index is 12.7. The van der Waals surface area contributed by atoms with Gasteiger partial charge in [-0.25, -0.2) is 0 Å². The van der Waals surface area contributed by atoms with E-state index in [2.05, 4.69) is 10.4 Å². The Labute approximate surface area is 201 Å². The summed E-state index contributed by atoms with van der Waals surface area (Å²) in [6.07, 6.45) is 0. The molecule has 2 aromatic heterocycles. The van der Waals surface area contributed by atoms with Crippen molar-refractivity contribution in [2.24, 2.45) is 0 Å². The molecule has 6 nitrogen and oxygen atoms in total. The zero-order valence-electron chi connectivity index (χ0n) is 18.5. The number of aromatic nitrogens is 2. The number of rotatable bonds is 6. The van der Waals surface area contributed by atoms with Gasteiger partial charge in [0.25, 0.3) is 5.91 Å². The molecule has 170 valence electrons. The Bertz CT molecular complexity index is 1470. The van der Waals surface area contributed by atoms with Crippen molar-refractivity contribution >= 4 is 34.2 Å². The van der Waals surface area contributed by atoms with Crippen LogP contribution >= 0.6 is 11.6 Å². The van der Waals surface area contributed by atoms with Crippen molar-refractivity contribution in [2.75, 3.05) is 5.32 Å². The number of carbonyl (C=O) groups is 1. The van der Waals surface area contributed by atoms with Crippen LogP contribution in [0.15, 0.2) is 83.3 Å². The quantitative estimate of drug-likeness (QED) is 0.316. The number of nitrogens with one attached hydrogen (secondary N) is 1. The first-order valence-electron chi connectivity index (χ1n) is 10.8. The van der Waals surface area contributed by atoms with E-state index in [1.807, 2.05) is 55.5 Å². The molecule has 0 saturated heterocycles. The van der Waals surface area contributed by atoms with Crippen LogP contribution in [0.3, 0.4) is 0 Å². The van der Waals surface area contributed by atoms with Crippen LogP contribution in [-0.2, 0) is 13.2 Å². The summed E-state index contributed by atoms with van der Waals surface area (Å²) in [4.78, 5) is 12.7. The second-order valence-corrected chi connectivity index (χ2v) is 8.53. The molecular formula is C27H22ClN3O3. The molecule has 0 bridgehead atoms. The lowest BCUT2D eigenvalue weighted by Gasteiger charge is -2.07. The lowest BCUT2D eigenvalue weighted by Crippen LogP contribution is -2.13. The number of aliphatic hydroxyl groups is 1. The number of furan rings is 1. The van der Waals surface area contributed by atoms with Crippen molar-refractivity contribution in [2.45, 2.75) is 20.1 Å². The fourth-order valence-corrected chi connectivity index (χ4v) is 4.13. The fraction of sp³-hybridized carbons (Fsp3) is 0.111. The molecule has 0 unspecified atom stereocenters. The summed E-state index contributed by atoms with van der Waals surface area (Å²) in [5.74, 6) is 0.461. The molecule has 0 aliphatic rings. The predicted molar refractivity (Wildman–Crippen MR) is 133 cm³/mol. The lowest BCUT2D eigenvalue weighted by molar-refractivity contribution is 0.102. The topological polar surface area (TPSA) is 80.3 Å². The highest BCUT2D eigenvalue weighted by atomic mass is 35.5. The maximum Gasteiger partial charge on any atom is 0.276 e. The van der Waals surface area contributed by atoms with Crippen molar-refractivity contribution in [3.8, 4) is 11.3 Å². The van der Waals surface area contributed by atoms with Gasteiger partial charge < -0.3 is 14.8 Å². The highest BCUT2D eigenvalue weighted by molar-refractivity contribution is 6.31. The Morgan fingerprint density at radius 2 is 1.82 bits per heavy atom. The molecule has 34 heavy (non-hydrogen) atoms. The standard InChI is InChI=1S/C27H22ClN3O3/c1-17-11-24(27(33)29-23-9-7-18(16-32)8-10-23)30-31(17)15-21-13-22(28)12-20-14-25(34-26(20)21)19-5-3-2-4-6-19/h2-14,32H,15-16H2,1H3,(H,29,33). The number of aliphatic hydroxyl groups excluding tert-OH is 1. The molecule has 0 aliphatic heterocycles. The van der Waals surface area contributed by atoms with Crippen molar-refractivity contribution in [1.82, 2.24) is 9.78 Å². The number of benzene rings is 3. The zero-order chi connectivity index (χ0) is 23.7. The molecule has 0 aliphatic carbocycles. The van der Waals surface area contributed by atoms with Crippen molar-refractivity contribution in [1.29, 1.82) is 0 Å². The van der Waals surface area contributed by atoms with E-state index in [4.69, 9.17) is 16.0 Å². The van der Waals surface area contributed by atoms with Crippen LogP contribution in [-0.4, -0.2) is 20.8 Å². The summed E-state index contributed by atoms with van der Waals surface area (Å²) in [7, 11) is 0. The normalized spacial score (nSPS) is 11.1. The second-order valence-electron chi connectivity index (χ2n) is 8.10. The number of halogens is 1. The Hall–Kier alpha value is -3.87. The van der Waals surface area contributed by atoms with E-state index in [0.717, 1.165) is 39.1 Å². The van der Waals surface area contributed by atoms with Gasteiger partial charge in [0, 0.05) is 32.9 Å². The van der Waals surface area contributed by atoms with Crippen LogP contribution in [0.5, 0.6) is 0 Å². The highest BCUT2D eigenvalue weighted by Crippen LogP contribution is 2.32. The van der Waals surface area contributed by atoms with Crippen LogP contribution in [0.4, 0.5) is 5.69 Å². The van der Waals surface area contributed by atoms with Gasteiger partial charge in [-0.2, -0.15) is 5.10 Å². The van der Waals surface area contributed by atoms with E-state index in [1.54, 1.807) is 35.0 Å². The highest BCUT2D eigenvalue weighted by Gasteiger charge is 2.16. The maximum absolute atomic E-state index is 12.7. The van der Waals surface area contributed by atoms with E-state index in [9.17, 15) is 9.90 Å². The monoisotopic (exact) mass is 471 g/mol. The molecule has 0 radical (unpaired) electrons. The fourth-order valence-electron chi connectivity index (χ4n) is 3.88. The van der Waals surface area contributed by atoms with Crippen LogP contribution in [0, 0.1) is 6.92 Å². The summed E-state index contributed by atoms with van der Waals surface area (Å²) in [5.41, 5.74) is 5.17. The molecule has 5 aromatic rings. The van der Waals surface area contributed by atoms with Gasteiger partial charge in [-0.1, -0.05) is 54.1 Å². The molecule has 2 heterocycles. The number of aryl methyl sites for hydroxylation is 1. The van der Waals surface area contributed by atoms with Crippen LogP contribution < -0.4 is 5.32 Å². The van der Waals surface area contributed by atoms with E-state index < -0.39 is 0 Å². The van der Waals surface area contributed by atoms with Gasteiger partial charge in [0.1, 0.15) is 11.3 Å². The summed E-state index contributed by atoms with van der Waals surface area (Å²) in [6, 6.07) is 24.4. The van der Waals surface area contributed by atoms with E-state index in [0.29, 0.717) is 22.9 Å². The van der Waals surface area contributed by atoms with Crippen molar-refractivity contribution in [3.05, 3.63) is 106 Å². The van der Waals surface area contributed by atoms with Gasteiger partial charge >= 0.3 is 0 Å². The van der Waals surface area contributed by atoms with Gasteiger partial charge in [-0.3, -0.25) is 9.48 Å². The summed E-state index contributed by atoms with van der Waals surface area (Å²) in [6.45, 7) is 2.26. The number of nitrogens with zero attached hydrogens (tertiary/aromatic N) is 2. The smallest absolute Gasteiger partial charge is 0.276 e. The largest absolute Gasteiger partial charge is 0.456 e. The Balaban J connectivity index is 1.41. The van der Waals surface area contributed by atoms with E-state index in [1.165, 1.54) is 0 Å². The molecule has 0 spiro atoms. The number of anilines is 1. The number of amides is 1. The summed E-state index contributed by atoms with van der Waals surface area (Å²) < 4.78 is 7.97. The number of fused-ring (bicyclic) bond motifs is 1. The number of hydrogen-bond donors (Lipinski definition) is 2. The zero-order valence-corrected chi connectivity index (χ0v) is 19.2. The van der Waals surface area contributed by atoms with Gasteiger partial charge in [-0.15, -0.1) is 0 Å². The van der Waals surface area contributed by atoms with E-state index >= 15 is 0 Å². The molecule has 7 heteroatoms. The number of carbonyl (C=O) groups excluding carboxylic acids is 1. The molecule has 2 N–H and O–H groups in total. The molecule has 5 rings (SSSR count). The third-order valence-electron chi connectivity index (χ3n) is 5.64. The minimum Gasteiger partial charge on any atom is -0.456 e. The SMILES string of the molecule is Cc1cc(C(=O)Nc2ccc(CO)cc2)nn1Cc1cc(Cl)cc2cc(-c3ccccc3)oc12. The Morgan fingerprint density at radius 3 is 2.56 bits per heavy atom. The average molecular weight is 472 g/mol. The molecule has 0 fully saturated rings. The minimum absolute atomic E-state index is 0.0445. The van der Waals surface area contributed by atoms with Gasteiger partial charge in [0.2, 0.25) is 0 Å². The van der Waals surface area contributed by atoms with E-state index in [-0.39, 0.29) is 12.5 Å².